The summed E-state index contributed by atoms with van der Waals surface area (Å²) < 4.78 is 38.4. The van der Waals surface area contributed by atoms with Crippen molar-refractivity contribution in [1.29, 1.82) is 0 Å². The number of carbonyl (C=O) groups is 2. The van der Waals surface area contributed by atoms with Gasteiger partial charge in [-0.3, -0.25) is 14.7 Å². The maximum absolute atomic E-state index is 13.9. The SMILES string of the molecule is CC(=O)O.CCCCCOC(=O)Nc1ccn(C2OC(CO)CC2(F)F)c(=O)n1. The number of hydrogen-bond acceptors (Lipinski definition) is 7. The summed E-state index contributed by atoms with van der Waals surface area (Å²) in [6.07, 6.45) is -0.683. The number of aromatic nitrogens is 2. The van der Waals surface area contributed by atoms with Crippen LogP contribution in [0.3, 0.4) is 0 Å². The smallest absolute Gasteiger partial charge is 0.412 e. The molecule has 0 bridgehead atoms. The second-order valence-corrected chi connectivity index (χ2v) is 6.25. The third-order valence-corrected chi connectivity index (χ3v) is 3.68. The Morgan fingerprint density at radius 1 is 1.45 bits per heavy atom. The number of anilines is 1. The minimum Gasteiger partial charge on any atom is -0.481 e. The van der Waals surface area contributed by atoms with E-state index >= 15 is 0 Å². The number of alkyl halides is 2. The molecule has 10 nitrogen and oxygen atoms in total. The fraction of sp³-hybridized carbons (Fsp3) is 0.647. The van der Waals surface area contributed by atoms with Gasteiger partial charge in [0.05, 0.1) is 19.3 Å². The molecular formula is C17H25F2N3O7. The Morgan fingerprint density at radius 2 is 2.10 bits per heavy atom. The highest BCUT2D eigenvalue weighted by Gasteiger charge is 2.51. The van der Waals surface area contributed by atoms with Crippen LogP contribution in [-0.4, -0.2) is 57.1 Å². The molecule has 12 heteroatoms. The number of aliphatic carboxylic acids is 1. The second-order valence-electron chi connectivity index (χ2n) is 6.25. The Kier molecular flexibility index (Phi) is 9.62. The van der Waals surface area contributed by atoms with Crippen molar-refractivity contribution in [3.63, 3.8) is 0 Å². The van der Waals surface area contributed by atoms with Crippen molar-refractivity contribution in [3.05, 3.63) is 22.7 Å². The van der Waals surface area contributed by atoms with Crippen LogP contribution in [-0.2, 0) is 14.3 Å². The third kappa shape index (κ3) is 8.11. The maximum atomic E-state index is 13.9. The first kappa shape index (κ1) is 24.4. The normalized spacial score (nSPS) is 19.8. The van der Waals surface area contributed by atoms with Crippen LogP contribution in [0, 0.1) is 0 Å². The number of hydrogen-bond donors (Lipinski definition) is 3. The Hall–Kier alpha value is -2.60. The van der Waals surface area contributed by atoms with Gasteiger partial charge in [-0.1, -0.05) is 19.8 Å². The zero-order valence-corrected chi connectivity index (χ0v) is 16.1. The number of nitrogens with one attached hydrogen (secondary N) is 1. The van der Waals surface area contributed by atoms with Crippen LogP contribution in [0.25, 0.3) is 0 Å². The molecule has 2 unspecified atom stereocenters. The third-order valence-electron chi connectivity index (χ3n) is 3.68. The topological polar surface area (TPSA) is 140 Å². The first-order valence-electron chi connectivity index (χ1n) is 8.97. The van der Waals surface area contributed by atoms with Crippen molar-refractivity contribution in [3.8, 4) is 0 Å². The minimum absolute atomic E-state index is 0.109. The molecule has 1 amide bonds. The van der Waals surface area contributed by atoms with Crippen LogP contribution in [0.5, 0.6) is 0 Å². The second kappa shape index (κ2) is 11.4. The van der Waals surface area contributed by atoms with Crippen LogP contribution >= 0.6 is 0 Å². The number of unbranched alkanes of at least 4 members (excludes halogenated alkanes) is 2. The molecule has 3 N–H and O–H groups in total. The first-order valence-corrected chi connectivity index (χ1v) is 8.97. The van der Waals surface area contributed by atoms with Crippen LogP contribution < -0.4 is 11.0 Å². The molecular weight excluding hydrogens is 396 g/mol. The molecule has 0 spiro atoms. The van der Waals surface area contributed by atoms with E-state index in [0.29, 0.717) is 4.57 Å². The summed E-state index contributed by atoms with van der Waals surface area (Å²) in [5.41, 5.74) is -1.01. The molecule has 2 atom stereocenters. The van der Waals surface area contributed by atoms with Crippen LogP contribution in [0.1, 0.15) is 45.8 Å². The molecule has 0 radical (unpaired) electrons. The van der Waals surface area contributed by atoms with Crippen molar-refractivity contribution < 1.29 is 38.1 Å². The van der Waals surface area contributed by atoms with Gasteiger partial charge in [0.1, 0.15) is 5.82 Å². The maximum Gasteiger partial charge on any atom is 0.412 e. The molecule has 29 heavy (non-hydrogen) atoms. The van der Waals surface area contributed by atoms with Crippen LogP contribution in [0.15, 0.2) is 17.1 Å². The summed E-state index contributed by atoms with van der Waals surface area (Å²) in [6, 6.07) is 1.19. The summed E-state index contributed by atoms with van der Waals surface area (Å²) in [4.78, 5) is 36.1. The highest BCUT2D eigenvalue weighted by atomic mass is 19.3. The van der Waals surface area contributed by atoms with Crippen molar-refractivity contribution in [2.45, 2.75) is 57.8 Å². The average Bonchev–Trinajstić information content (AvgIpc) is 2.93. The predicted octanol–water partition coefficient (Wildman–Crippen LogP) is 1.99. The minimum atomic E-state index is -3.31. The summed E-state index contributed by atoms with van der Waals surface area (Å²) in [5.74, 6) is -4.26. The average molecular weight is 421 g/mol. The van der Waals surface area contributed by atoms with E-state index in [1.54, 1.807) is 0 Å². The largest absolute Gasteiger partial charge is 0.481 e. The molecule has 1 aliphatic heterocycles. The fourth-order valence-electron chi connectivity index (χ4n) is 2.43. The monoisotopic (exact) mass is 421 g/mol. The zero-order valence-electron chi connectivity index (χ0n) is 16.1. The number of aliphatic hydroxyl groups is 1. The number of ether oxygens (including phenoxy) is 2. The summed E-state index contributed by atoms with van der Waals surface area (Å²) >= 11 is 0. The molecule has 1 fully saturated rings. The lowest BCUT2D eigenvalue weighted by atomic mass is 10.2. The molecule has 1 aliphatic rings. The molecule has 2 rings (SSSR count). The zero-order chi connectivity index (χ0) is 22.0. The lowest BCUT2D eigenvalue weighted by molar-refractivity contribution is -0.134. The lowest BCUT2D eigenvalue weighted by Gasteiger charge is -2.19. The molecule has 1 saturated heterocycles. The Labute approximate surface area is 165 Å². The van der Waals surface area contributed by atoms with Gasteiger partial charge in [-0.05, 0) is 12.5 Å². The van der Waals surface area contributed by atoms with Crippen molar-refractivity contribution in [2.24, 2.45) is 0 Å². The summed E-state index contributed by atoms with van der Waals surface area (Å²) in [5, 5.41) is 18.6. The van der Waals surface area contributed by atoms with Gasteiger partial charge in [-0.25, -0.2) is 18.4 Å². The molecule has 164 valence electrons. The van der Waals surface area contributed by atoms with Gasteiger partial charge >= 0.3 is 11.8 Å². The van der Waals surface area contributed by atoms with E-state index in [0.717, 1.165) is 32.4 Å². The number of aliphatic hydroxyl groups excluding tert-OH is 1. The molecule has 0 saturated carbocycles. The van der Waals surface area contributed by atoms with Gasteiger partial charge in [0.25, 0.3) is 11.9 Å². The Morgan fingerprint density at radius 3 is 2.62 bits per heavy atom. The van der Waals surface area contributed by atoms with Gasteiger partial charge in [0.2, 0.25) is 6.23 Å². The van der Waals surface area contributed by atoms with E-state index in [1.165, 1.54) is 6.07 Å². The van der Waals surface area contributed by atoms with Gasteiger partial charge in [0, 0.05) is 19.5 Å². The molecule has 0 aromatic carbocycles. The van der Waals surface area contributed by atoms with Gasteiger partial charge in [-0.2, -0.15) is 4.98 Å². The van der Waals surface area contributed by atoms with Gasteiger partial charge < -0.3 is 19.7 Å². The van der Waals surface area contributed by atoms with E-state index < -0.39 is 49.0 Å². The Balaban J connectivity index is 0.000000960. The molecule has 2 heterocycles. The number of rotatable bonds is 7. The highest BCUT2D eigenvalue weighted by Crippen LogP contribution is 2.41. The van der Waals surface area contributed by atoms with E-state index in [2.05, 4.69) is 10.3 Å². The van der Waals surface area contributed by atoms with E-state index in [4.69, 9.17) is 24.5 Å². The van der Waals surface area contributed by atoms with Gasteiger partial charge in [0.15, 0.2) is 0 Å². The summed E-state index contributed by atoms with van der Waals surface area (Å²) in [6.45, 7) is 2.76. The fourth-order valence-corrected chi connectivity index (χ4v) is 2.43. The number of amides is 1. The summed E-state index contributed by atoms with van der Waals surface area (Å²) in [7, 11) is 0. The molecule has 1 aromatic heterocycles. The Bertz CT molecular complexity index is 738. The number of carbonyl (C=O) groups excluding carboxylic acids is 1. The number of halogens is 2. The number of carboxylic acid groups (broad SMARTS) is 1. The number of carboxylic acids is 1. The van der Waals surface area contributed by atoms with E-state index in [1.807, 2.05) is 6.92 Å². The van der Waals surface area contributed by atoms with E-state index in [-0.39, 0.29) is 12.4 Å². The number of nitrogens with zero attached hydrogens (tertiary/aromatic N) is 2. The van der Waals surface area contributed by atoms with Gasteiger partial charge in [-0.15, -0.1) is 0 Å². The van der Waals surface area contributed by atoms with Crippen molar-refractivity contribution >= 4 is 17.9 Å². The van der Waals surface area contributed by atoms with Crippen LogP contribution in [0.4, 0.5) is 19.4 Å². The first-order chi connectivity index (χ1) is 13.6. The lowest BCUT2D eigenvalue weighted by Crippen LogP contribution is -2.35. The van der Waals surface area contributed by atoms with Crippen molar-refractivity contribution in [1.82, 2.24) is 9.55 Å². The van der Waals surface area contributed by atoms with Crippen LogP contribution in [0.2, 0.25) is 0 Å². The molecule has 0 aliphatic carbocycles. The van der Waals surface area contributed by atoms with Crippen molar-refractivity contribution in [2.75, 3.05) is 18.5 Å². The van der Waals surface area contributed by atoms with E-state index in [9.17, 15) is 18.4 Å². The highest BCUT2D eigenvalue weighted by molar-refractivity contribution is 5.83. The molecule has 1 aromatic rings. The standard InChI is InChI=1S/C15H21F2N3O5.C2H4O2/c1-2-3-4-7-24-14(23)19-11-5-6-20(13(22)18-11)12-15(16,17)8-10(9-21)25-12;1-2(3)4/h5-6,10,12,21H,2-4,7-9H2,1H3,(H,18,19,22,23);1H3,(H,3,4). The predicted molar refractivity (Wildman–Crippen MR) is 96.9 cm³/mol. The quantitative estimate of drug-likeness (QED) is 0.568.